The van der Waals surface area contributed by atoms with Gasteiger partial charge in [-0.25, -0.2) is 8.42 Å². The van der Waals surface area contributed by atoms with Crippen molar-refractivity contribution in [3.8, 4) is 0 Å². The molecule has 0 spiro atoms. The number of hydrogen-bond acceptors (Lipinski definition) is 4. The molecule has 5 nitrogen and oxygen atoms in total. The third kappa shape index (κ3) is 3.31. The number of likely N-dealkylation sites (N-methyl/N-ethyl adjacent to an activating group) is 1. The smallest absolute Gasteiger partial charge is 0.243 e. The number of nitrogens with zero attached hydrogens (tertiary/aromatic N) is 1. The van der Waals surface area contributed by atoms with Crippen molar-refractivity contribution in [3.63, 3.8) is 0 Å². The second-order valence-corrected chi connectivity index (χ2v) is 6.80. The van der Waals surface area contributed by atoms with E-state index in [4.69, 9.17) is 4.74 Å². The first-order valence-electron chi connectivity index (χ1n) is 6.97. The van der Waals surface area contributed by atoms with E-state index in [0.717, 1.165) is 25.1 Å². The number of benzene rings is 1. The first-order chi connectivity index (χ1) is 9.57. The fraction of sp³-hybridized carbons (Fsp3) is 0.571. The first-order valence-corrected chi connectivity index (χ1v) is 8.41. The van der Waals surface area contributed by atoms with Crippen LogP contribution in [0, 0.1) is 0 Å². The second-order valence-electron chi connectivity index (χ2n) is 4.87. The molecule has 1 fully saturated rings. The van der Waals surface area contributed by atoms with Gasteiger partial charge in [0.2, 0.25) is 10.0 Å². The van der Waals surface area contributed by atoms with Gasteiger partial charge in [-0.15, -0.1) is 0 Å². The van der Waals surface area contributed by atoms with Crippen molar-refractivity contribution in [3.05, 3.63) is 24.3 Å². The SMILES string of the molecule is CCN(CC1CCCO1)S(=O)(=O)c1ccc(NC)cc1. The highest BCUT2D eigenvalue weighted by atomic mass is 32.2. The normalized spacial score (nSPS) is 19.4. The summed E-state index contributed by atoms with van der Waals surface area (Å²) < 4.78 is 32.2. The molecule has 0 aromatic heterocycles. The standard InChI is InChI=1S/C14H22N2O3S/c1-3-16(11-13-5-4-10-19-13)20(17,18)14-8-6-12(15-2)7-9-14/h6-9,13,15H,3-5,10-11H2,1-2H3. The molecule has 6 heteroatoms. The molecule has 1 atom stereocenters. The van der Waals surface area contributed by atoms with Crippen molar-refractivity contribution in [1.29, 1.82) is 0 Å². The van der Waals surface area contributed by atoms with Gasteiger partial charge >= 0.3 is 0 Å². The van der Waals surface area contributed by atoms with Gasteiger partial charge in [-0.2, -0.15) is 4.31 Å². The molecule has 0 saturated carbocycles. The third-order valence-corrected chi connectivity index (χ3v) is 5.52. The lowest BCUT2D eigenvalue weighted by Crippen LogP contribution is -2.37. The van der Waals surface area contributed by atoms with Gasteiger partial charge in [-0.1, -0.05) is 6.92 Å². The predicted molar refractivity (Wildman–Crippen MR) is 79.4 cm³/mol. The average Bonchev–Trinajstić information content (AvgIpc) is 2.97. The highest BCUT2D eigenvalue weighted by molar-refractivity contribution is 7.89. The molecule has 1 saturated heterocycles. The Labute approximate surface area is 121 Å². The summed E-state index contributed by atoms with van der Waals surface area (Å²) in [6.45, 7) is 3.48. The van der Waals surface area contributed by atoms with Gasteiger partial charge in [0, 0.05) is 32.4 Å². The Morgan fingerprint density at radius 1 is 1.35 bits per heavy atom. The highest BCUT2D eigenvalue weighted by Crippen LogP contribution is 2.21. The largest absolute Gasteiger partial charge is 0.388 e. The minimum Gasteiger partial charge on any atom is -0.388 e. The lowest BCUT2D eigenvalue weighted by atomic mass is 10.2. The van der Waals surface area contributed by atoms with Crippen LogP contribution in [0.15, 0.2) is 29.2 Å². The molecule has 0 amide bonds. The van der Waals surface area contributed by atoms with Gasteiger partial charge < -0.3 is 10.1 Å². The minimum absolute atomic E-state index is 0.0290. The van der Waals surface area contributed by atoms with E-state index in [-0.39, 0.29) is 6.10 Å². The van der Waals surface area contributed by atoms with Gasteiger partial charge in [0.25, 0.3) is 0 Å². The minimum atomic E-state index is -3.44. The highest BCUT2D eigenvalue weighted by Gasteiger charge is 2.27. The maximum atomic E-state index is 12.6. The van der Waals surface area contributed by atoms with Crippen LogP contribution >= 0.6 is 0 Å². The molecule has 0 aliphatic carbocycles. The van der Waals surface area contributed by atoms with E-state index in [2.05, 4.69) is 5.32 Å². The number of anilines is 1. The molecule has 20 heavy (non-hydrogen) atoms. The van der Waals surface area contributed by atoms with E-state index in [0.29, 0.717) is 18.0 Å². The van der Waals surface area contributed by atoms with E-state index < -0.39 is 10.0 Å². The molecule has 1 aliphatic rings. The molecular weight excluding hydrogens is 276 g/mol. The first kappa shape index (κ1) is 15.3. The summed E-state index contributed by atoms with van der Waals surface area (Å²) in [4.78, 5) is 0.330. The Kier molecular flexibility index (Phi) is 5.01. The number of ether oxygens (including phenoxy) is 1. The number of sulfonamides is 1. The predicted octanol–water partition coefficient (Wildman–Crippen LogP) is 1.92. The average molecular weight is 298 g/mol. The van der Waals surface area contributed by atoms with E-state index in [9.17, 15) is 8.42 Å². The van der Waals surface area contributed by atoms with Crippen LogP contribution < -0.4 is 5.32 Å². The maximum absolute atomic E-state index is 12.6. The third-order valence-electron chi connectivity index (χ3n) is 3.56. The van der Waals surface area contributed by atoms with Crippen molar-refractivity contribution in [2.75, 3.05) is 32.1 Å². The summed E-state index contributed by atoms with van der Waals surface area (Å²) in [5.41, 5.74) is 0.895. The zero-order chi connectivity index (χ0) is 14.6. The monoisotopic (exact) mass is 298 g/mol. The van der Waals surface area contributed by atoms with Crippen LogP contribution in [-0.4, -0.2) is 45.6 Å². The van der Waals surface area contributed by atoms with Crippen molar-refractivity contribution in [1.82, 2.24) is 4.31 Å². The molecule has 1 aliphatic heterocycles. The number of hydrogen-bond donors (Lipinski definition) is 1. The molecule has 2 rings (SSSR count). The van der Waals surface area contributed by atoms with Gasteiger partial charge in [0.05, 0.1) is 11.0 Å². The van der Waals surface area contributed by atoms with Crippen LogP contribution in [-0.2, 0) is 14.8 Å². The van der Waals surface area contributed by atoms with Gasteiger partial charge in [0.15, 0.2) is 0 Å². The topological polar surface area (TPSA) is 58.6 Å². The van der Waals surface area contributed by atoms with Gasteiger partial charge in [0.1, 0.15) is 0 Å². The quantitative estimate of drug-likeness (QED) is 0.871. The number of nitrogens with one attached hydrogen (secondary N) is 1. The van der Waals surface area contributed by atoms with Crippen LogP contribution in [0.1, 0.15) is 19.8 Å². The summed E-state index contributed by atoms with van der Waals surface area (Å²) in [6, 6.07) is 6.82. The van der Waals surface area contributed by atoms with E-state index >= 15 is 0 Å². The zero-order valence-electron chi connectivity index (χ0n) is 12.0. The molecular formula is C14H22N2O3S. The van der Waals surface area contributed by atoms with Crippen LogP contribution in [0.4, 0.5) is 5.69 Å². The van der Waals surface area contributed by atoms with Crippen LogP contribution in [0.5, 0.6) is 0 Å². The van der Waals surface area contributed by atoms with Crippen molar-refractivity contribution >= 4 is 15.7 Å². The lowest BCUT2D eigenvalue weighted by molar-refractivity contribution is 0.0947. The molecule has 1 unspecified atom stereocenters. The van der Waals surface area contributed by atoms with Crippen molar-refractivity contribution in [2.45, 2.75) is 30.8 Å². The molecule has 1 N–H and O–H groups in total. The Morgan fingerprint density at radius 2 is 2.05 bits per heavy atom. The Bertz CT molecular complexity index is 522. The molecule has 112 valence electrons. The summed E-state index contributed by atoms with van der Waals surface area (Å²) in [6.07, 6.45) is 1.98. The fourth-order valence-corrected chi connectivity index (χ4v) is 3.84. The van der Waals surface area contributed by atoms with E-state index in [1.54, 1.807) is 31.3 Å². The molecule has 0 bridgehead atoms. The summed E-state index contributed by atoms with van der Waals surface area (Å²) >= 11 is 0. The Hall–Kier alpha value is -1.11. The summed E-state index contributed by atoms with van der Waals surface area (Å²) in [5.74, 6) is 0. The summed E-state index contributed by atoms with van der Waals surface area (Å²) in [7, 11) is -1.63. The van der Waals surface area contributed by atoms with Crippen LogP contribution in [0.3, 0.4) is 0 Å². The fourth-order valence-electron chi connectivity index (χ4n) is 2.36. The molecule has 1 aromatic rings. The van der Waals surface area contributed by atoms with Crippen molar-refractivity contribution in [2.24, 2.45) is 0 Å². The lowest BCUT2D eigenvalue weighted by Gasteiger charge is -2.23. The van der Waals surface area contributed by atoms with Crippen molar-refractivity contribution < 1.29 is 13.2 Å². The Morgan fingerprint density at radius 3 is 2.55 bits per heavy atom. The van der Waals surface area contributed by atoms with Crippen LogP contribution in [0.25, 0.3) is 0 Å². The maximum Gasteiger partial charge on any atom is 0.243 e. The van der Waals surface area contributed by atoms with Crippen LogP contribution in [0.2, 0.25) is 0 Å². The molecule has 1 aromatic carbocycles. The zero-order valence-corrected chi connectivity index (χ0v) is 12.8. The van der Waals surface area contributed by atoms with Gasteiger partial charge in [-0.3, -0.25) is 0 Å². The van der Waals surface area contributed by atoms with E-state index in [1.807, 2.05) is 6.92 Å². The molecule has 1 heterocycles. The summed E-state index contributed by atoms with van der Waals surface area (Å²) in [5, 5.41) is 2.98. The van der Waals surface area contributed by atoms with E-state index in [1.165, 1.54) is 4.31 Å². The second kappa shape index (κ2) is 6.56. The van der Waals surface area contributed by atoms with Gasteiger partial charge in [-0.05, 0) is 37.1 Å². The Balaban J connectivity index is 2.16. The molecule has 0 radical (unpaired) electrons. The number of rotatable bonds is 6.